The van der Waals surface area contributed by atoms with Crippen molar-refractivity contribution in [3.05, 3.63) is 0 Å². The van der Waals surface area contributed by atoms with Gasteiger partial charge in [-0.05, 0) is 46.6 Å². The SMILES string of the molecule is CCCC(C)(CNC(C)(C)C)CN(C)CCOCC. The van der Waals surface area contributed by atoms with Crippen LogP contribution in [0.3, 0.4) is 0 Å². The fourth-order valence-corrected chi connectivity index (χ4v) is 2.40. The summed E-state index contributed by atoms with van der Waals surface area (Å²) in [5, 5.41) is 3.66. The smallest absolute Gasteiger partial charge is 0.0593 e. The summed E-state index contributed by atoms with van der Waals surface area (Å²) < 4.78 is 5.44. The van der Waals surface area contributed by atoms with E-state index in [1.807, 2.05) is 0 Å². The van der Waals surface area contributed by atoms with Crippen LogP contribution in [0, 0.1) is 5.41 Å². The summed E-state index contributed by atoms with van der Waals surface area (Å²) in [6.07, 6.45) is 2.50. The van der Waals surface area contributed by atoms with Crippen LogP contribution in [0.4, 0.5) is 0 Å². The minimum Gasteiger partial charge on any atom is -0.380 e. The Hall–Kier alpha value is -0.120. The molecule has 0 heterocycles. The van der Waals surface area contributed by atoms with Crippen molar-refractivity contribution in [1.29, 1.82) is 0 Å². The highest BCUT2D eigenvalue weighted by molar-refractivity contribution is 4.83. The molecular formula is C16H36N2O. The number of hydrogen-bond acceptors (Lipinski definition) is 3. The first-order valence-electron chi connectivity index (χ1n) is 7.74. The van der Waals surface area contributed by atoms with Gasteiger partial charge in [0.15, 0.2) is 0 Å². The van der Waals surface area contributed by atoms with Crippen LogP contribution in [0.2, 0.25) is 0 Å². The summed E-state index contributed by atoms with van der Waals surface area (Å²) in [4.78, 5) is 2.40. The van der Waals surface area contributed by atoms with Gasteiger partial charge in [0.2, 0.25) is 0 Å². The maximum Gasteiger partial charge on any atom is 0.0593 e. The second-order valence-electron chi connectivity index (χ2n) is 7.10. The topological polar surface area (TPSA) is 24.5 Å². The van der Waals surface area contributed by atoms with E-state index in [2.05, 4.69) is 58.8 Å². The van der Waals surface area contributed by atoms with Gasteiger partial charge in [-0.25, -0.2) is 0 Å². The molecule has 0 bridgehead atoms. The molecule has 0 spiro atoms. The quantitative estimate of drug-likeness (QED) is 0.618. The van der Waals surface area contributed by atoms with E-state index in [0.29, 0.717) is 5.41 Å². The molecule has 3 nitrogen and oxygen atoms in total. The molecule has 1 atom stereocenters. The molecule has 116 valence electrons. The van der Waals surface area contributed by atoms with Crippen molar-refractivity contribution in [2.45, 2.75) is 59.9 Å². The Bertz CT molecular complexity index is 225. The number of likely N-dealkylation sites (N-methyl/N-ethyl adjacent to an activating group) is 1. The predicted octanol–water partition coefficient (Wildman–Crippen LogP) is 3.15. The lowest BCUT2D eigenvalue weighted by Crippen LogP contribution is -2.47. The highest BCUT2D eigenvalue weighted by atomic mass is 16.5. The molecule has 0 radical (unpaired) electrons. The molecule has 1 N–H and O–H groups in total. The van der Waals surface area contributed by atoms with Crippen molar-refractivity contribution in [3.8, 4) is 0 Å². The maximum atomic E-state index is 5.44. The highest BCUT2D eigenvalue weighted by Gasteiger charge is 2.26. The van der Waals surface area contributed by atoms with Crippen LogP contribution >= 0.6 is 0 Å². The molecule has 0 aliphatic rings. The monoisotopic (exact) mass is 272 g/mol. The van der Waals surface area contributed by atoms with Crippen molar-refractivity contribution >= 4 is 0 Å². The molecule has 0 amide bonds. The Morgan fingerprint density at radius 3 is 2.21 bits per heavy atom. The van der Waals surface area contributed by atoms with Gasteiger partial charge in [-0.2, -0.15) is 0 Å². The zero-order valence-corrected chi connectivity index (χ0v) is 14.3. The largest absolute Gasteiger partial charge is 0.380 e. The van der Waals surface area contributed by atoms with Crippen molar-refractivity contribution in [2.75, 3.05) is 39.9 Å². The molecule has 0 fully saturated rings. The Balaban J connectivity index is 4.27. The van der Waals surface area contributed by atoms with Crippen molar-refractivity contribution in [2.24, 2.45) is 5.41 Å². The standard InChI is InChI=1S/C16H36N2O/c1-8-10-16(6,13-17-15(3,4)5)14-18(7)11-12-19-9-2/h17H,8-14H2,1-7H3. The highest BCUT2D eigenvalue weighted by Crippen LogP contribution is 2.24. The van der Waals surface area contributed by atoms with Crippen molar-refractivity contribution < 1.29 is 4.74 Å². The Labute approximate surface area is 121 Å². The molecule has 0 rings (SSSR count). The summed E-state index contributed by atoms with van der Waals surface area (Å²) in [6.45, 7) is 18.3. The van der Waals surface area contributed by atoms with Crippen LogP contribution in [0.5, 0.6) is 0 Å². The van der Waals surface area contributed by atoms with Crippen LogP contribution < -0.4 is 5.32 Å². The average Bonchev–Trinajstić information content (AvgIpc) is 2.26. The summed E-state index contributed by atoms with van der Waals surface area (Å²) in [5.74, 6) is 0. The Morgan fingerprint density at radius 1 is 1.11 bits per heavy atom. The molecule has 0 aromatic rings. The van der Waals surface area contributed by atoms with Gasteiger partial charge in [-0.15, -0.1) is 0 Å². The Kier molecular flexibility index (Phi) is 8.88. The zero-order valence-electron chi connectivity index (χ0n) is 14.3. The van der Waals surface area contributed by atoms with Gasteiger partial charge in [0, 0.05) is 31.8 Å². The van der Waals surface area contributed by atoms with E-state index in [1.165, 1.54) is 12.8 Å². The predicted molar refractivity (Wildman–Crippen MR) is 84.8 cm³/mol. The van der Waals surface area contributed by atoms with Gasteiger partial charge in [0.25, 0.3) is 0 Å². The van der Waals surface area contributed by atoms with E-state index in [-0.39, 0.29) is 5.54 Å². The minimum atomic E-state index is 0.193. The van der Waals surface area contributed by atoms with Gasteiger partial charge in [0.1, 0.15) is 0 Å². The van der Waals surface area contributed by atoms with Gasteiger partial charge < -0.3 is 15.0 Å². The fraction of sp³-hybridized carbons (Fsp3) is 1.00. The lowest BCUT2D eigenvalue weighted by molar-refractivity contribution is 0.0980. The van der Waals surface area contributed by atoms with Gasteiger partial charge in [0.05, 0.1) is 6.61 Å². The van der Waals surface area contributed by atoms with Crippen LogP contribution in [-0.2, 0) is 4.74 Å². The van der Waals surface area contributed by atoms with Gasteiger partial charge in [-0.3, -0.25) is 0 Å². The van der Waals surface area contributed by atoms with Crippen LogP contribution in [0.15, 0.2) is 0 Å². The third kappa shape index (κ3) is 10.3. The van der Waals surface area contributed by atoms with E-state index < -0.39 is 0 Å². The first-order chi connectivity index (χ1) is 8.72. The molecule has 19 heavy (non-hydrogen) atoms. The molecule has 0 saturated carbocycles. The van der Waals surface area contributed by atoms with Crippen molar-refractivity contribution in [3.63, 3.8) is 0 Å². The third-order valence-corrected chi connectivity index (χ3v) is 3.37. The molecule has 0 aliphatic carbocycles. The van der Waals surface area contributed by atoms with E-state index in [1.54, 1.807) is 0 Å². The molecule has 3 heteroatoms. The zero-order chi connectivity index (χ0) is 14.9. The van der Waals surface area contributed by atoms with Crippen molar-refractivity contribution in [1.82, 2.24) is 10.2 Å². The number of ether oxygens (including phenoxy) is 1. The fourth-order valence-electron chi connectivity index (χ4n) is 2.40. The van der Waals surface area contributed by atoms with E-state index in [4.69, 9.17) is 4.74 Å². The lowest BCUT2D eigenvalue weighted by atomic mass is 9.84. The first-order valence-corrected chi connectivity index (χ1v) is 7.74. The molecule has 0 saturated heterocycles. The summed E-state index contributed by atoms with van der Waals surface area (Å²) in [5.41, 5.74) is 0.530. The van der Waals surface area contributed by atoms with Gasteiger partial charge >= 0.3 is 0 Å². The van der Waals surface area contributed by atoms with Crippen LogP contribution in [0.25, 0.3) is 0 Å². The van der Waals surface area contributed by atoms with Crippen LogP contribution in [-0.4, -0.2) is 50.3 Å². The third-order valence-electron chi connectivity index (χ3n) is 3.37. The second kappa shape index (κ2) is 8.93. The molecule has 0 aromatic heterocycles. The summed E-state index contributed by atoms with van der Waals surface area (Å²) >= 11 is 0. The normalized spacial score (nSPS) is 15.8. The van der Waals surface area contributed by atoms with E-state index >= 15 is 0 Å². The second-order valence-corrected chi connectivity index (χ2v) is 7.10. The number of rotatable bonds is 10. The average molecular weight is 272 g/mol. The lowest BCUT2D eigenvalue weighted by Gasteiger charge is -2.36. The maximum absolute atomic E-state index is 5.44. The summed E-state index contributed by atoms with van der Waals surface area (Å²) in [6, 6.07) is 0. The number of nitrogens with one attached hydrogen (secondary N) is 1. The van der Waals surface area contributed by atoms with Crippen LogP contribution in [0.1, 0.15) is 54.4 Å². The summed E-state index contributed by atoms with van der Waals surface area (Å²) in [7, 11) is 2.20. The first kappa shape index (κ1) is 18.9. The Morgan fingerprint density at radius 2 is 1.74 bits per heavy atom. The van der Waals surface area contributed by atoms with Gasteiger partial charge in [-0.1, -0.05) is 20.3 Å². The minimum absolute atomic E-state index is 0.193. The molecule has 0 aromatic carbocycles. The van der Waals surface area contributed by atoms with E-state index in [9.17, 15) is 0 Å². The number of nitrogens with zero attached hydrogens (tertiary/aromatic N) is 1. The molecule has 1 unspecified atom stereocenters. The van der Waals surface area contributed by atoms with E-state index in [0.717, 1.165) is 32.8 Å². The molecule has 0 aliphatic heterocycles. The number of hydrogen-bond donors (Lipinski definition) is 1. The molecular weight excluding hydrogens is 236 g/mol.